The monoisotopic (exact) mass is 229 g/mol. The normalized spacial score (nSPS) is 20.9. The quantitative estimate of drug-likeness (QED) is 0.737. The highest BCUT2D eigenvalue weighted by atomic mass is 35.5. The van der Waals surface area contributed by atoms with Crippen LogP contribution in [0.1, 0.15) is 6.42 Å². The van der Waals surface area contributed by atoms with E-state index in [4.69, 9.17) is 11.6 Å². The van der Waals surface area contributed by atoms with E-state index in [-0.39, 0.29) is 5.91 Å². The Morgan fingerprint density at radius 1 is 1.43 bits per heavy atom. The third-order valence-electron chi connectivity index (χ3n) is 1.98. The molecule has 1 N–H and O–H groups in total. The van der Waals surface area contributed by atoms with Gasteiger partial charge in [-0.15, -0.1) is 0 Å². The summed E-state index contributed by atoms with van der Waals surface area (Å²) in [5.74, 6) is 0.263. The molecule has 0 aliphatic carbocycles. The molecule has 0 spiro atoms. The SMILES string of the molecule is O=C1CCS(=O)c2cc(Cl)ccc2N1. The summed E-state index contributed by atoms with van der Waals surface area (Å²) in [5.41, 5.74) is 0.607. The second-order valence-electron chi connectivity index (χ2n) is 2.99. The average molecular weight is 230 g/mol. The maximum absolute atomic E-state index is 11.7. The molecule has 1 aromatic rings. The molecule has 0 radical (unpaired) electrons. The van der Waals surface area contributed by atoms with Gasteiger partial charge in [0.2, 0.25) is 5.91 Å². The number of fused-ring (bicyclic) bond motifs is 1. The van der Waals surface area contributed by atoms with Gasteiger partial charge in [0, 0.05) is 17.2 Å². The first-order chi connectivity index (χ1) is 6.66. The number of hydrogen-bond donors (Lipinski definition) is 1. The molecule has 5 heteroatoms. The van der Waals surface area contributed by atoms with Gasteiger partial charge >= 0.3 is 0 Å². The van der Waals surface area contributed by atoms with Crippen molar-refractivity contribution in [2.24, 2.45) is 0 Å². The molecule has 1 aliphatic rings. The van der Waals surface area contributed by atoms with Gasteiger partial charge in [0.1, 0.15) is 0 Å². The molecular formula is C9H8ClNO2S. The van der Waals surface area contributed by atoms with Gasteiger partial charge in [0.05, 0.1) is 21.4 Å². The van der Waals surface area contributed by atoms with Gasteiger partial charge in [-0.2, -0.15) is 0 Å². The number of amides is 1. The Hall–Kier alpha value is -0.870. The van der Waals surface area contributed by atoms with E-state index in [1.54, 1.807) is 18.2 Å². The lowest BCUT2D eigenvalue weighted by molar-refractivity contribution is -0.115. The van der Waals surface area contributed by atoms with Gasteiger partial charge < -0.3 is 5.32 Å². The van der Waals surface area contributed by atoms with Gasteiger partial charge in [-0.1, -0.05) is 11.6 Å². The average Bonchev–Trinajstić information content (AvgIpc) is 2.29. The molecule has 1 atom stereocenters. The zero-order chi connectivity index (χ0) is 10.1. The topological polar surface area (TPSA) is 46.2 Å². The Labute approximate surface area is 88.9 Å². The van der Waals surface area contributed by atoms with Crippen molar-refractivity contribution >= 4 is 34.0 Å². The van der Waals surface area contributed by atoms with Crippen LogP contribution < -0.4 is 5.32 Å². The summed E-state index contributed by atoms with van der Waals surface area (Å²) in [6.45, 7) is 0. The number of nitrogens with one attached hydrogen (secondary N) is 1. The molecule has 0 saturated heterocycles. The zero-order valence-corrected chi connectivity index (χ0v) is 8.82. The molecule has 0 bridgehead atoms. The molecule has 1 amide bonds. The number of halogens is 1. The number of anilines is 1. The fourth-order valence-electron chi connectivity index (χ4n) is 1.30. The van der Waals surface area contributed by atoms with E-state index in [0.29, 0.717) is 27.8 Å². The Kier molecular flexibility index (Phi) is 2.56. The minimum Gasteiger partial charge on any atom is -0.325 e. The molecule has 0 fully saturated rings. The first-order valence-electron chi connectivity index (χ1n) is 4.14. The lowest BCUT2D eigenvalue weighted by atomic mass is 10.3. The predicted molar refractivity (Wildman–Crippen MR) is 56.0 cm³/mol. The van der Waals surface area contributed by atoms with E-state index in [9.17, 15) is 9.00 Å². The fourth-order valence-corrected chi connectivity index (χ4v) is 2.75. The summed E-state index contributed by atoms with van der Waals surface area (Å²) in [4.78, 5) is 11.8. The van der Waals surface area contributed by atoms with Crippen LogP contribution in [-0.4, -0.2) is 15.9 Å². The minimum atomic E-state index is -1.13. The maximum atomic E-state index is 11.7. The summed E-state index contributed by atoms with van der Waals surface area (Å²) in [6.07, 6.45) is 0.291. The number of carbonyl (C=O) groups excluding carboxylic acids is 1. The largest absolute Gasteiger partial charge is 0.325 e. The van der Waals surface area contributed by atoms with E-state index in [0.717, 1.165) is 0 Å². The van der Waals surface area contributed by atoms with Gasteiger partial charge in [0.15, 0.2) is 0 Å². The highest BCUT2D eigenvalue weighted by Crippen LogP contribution is 2.26. The number of hydrogen-bond acceptors (Lipinski definition) is 2. The van der Waals surface area contributed by atoms with Crippen molar-refractivity contribution < 1.29 is 9.00 Å². The van der Waals surface area contributed by atoms with Gasteiger partial charge in [-0.05, 0) is 18.2 Å². The van der Waals surface area contributed by atoms with Gasteiger partial charge in [0.25, 0.3) is 0 Å². The first kappa shape index (κ1) is 9.68. The molecule has 1 aliphatic heterocycles. The predicted octanol–water partition coefficient (Wildman–Crippen LogP) is 1.79. The van der Waals surface area contributed by atoms with E-state index >= 15 is 0 Å². The van der Waals surface area contributed by atoms with Crippen LogP contribution in [0.2, 0.25) is 5.02 Å². The molecule has 14 heavy (non-hydrogen) atoms. The fraction of sp³-hybridized carbons (Fsp3) is 0.222. The highest BCUT2D eigenvalue weighted by Gasteiger charge is 2.18. The Morgan fingerprint density at radius 3 is 3.00 bits per heavy atom. The lowest BCUT2D eigenvalue weighted by Crippen LogP contribution is -2.10. The summed E-state index contributed by atoms with van der Waals surface area (Å²) in [6, 6.07) is 4.99. The van der Waals surface area contributed by atoms with Crippen LogP contribution in [0.4, 0.5) is 5.69 Å². The minimum absolute atomic E-state index is 0.0978. The van der Waals surface area contributed by atoms with Crippen LogP contribution in [0.3, 0.4) is 0 Å². The second kappa shape index (κ2) is 3.71. The van der Waals surface area contributed by atoms with Gasteiger partial charge in [-0.25, -0.2) is 0 Å². The summed E-state index contributed by atoms with van der Waals surface area (Å²) >= 11 is 5.78. The standard InChI is InChI=1S/C9H8ClNO2S/c10-6-1-2-7-8(5-6)14(13)4-3-9(12)11-7/h1-2,5H,3-4H2,(H,11,12). The van der Waals surface area contributed by atoms with Crippen LogP contribution in [-0.2, 0) is 15.6 Å². The van der Waals surface area contributed by atoms with Crippen molar-refractivity contribution in [2.45, 2.75) is 11.3 Å². The van der Waals surface area contributed by atoms with E-state index in [1.165, 1.54) is 0 Å². The van der Waals surface area contributed by atoms with Crippen LogP contribution in [0.5, 0.6) is 0 Å². The van der Waals surface area contributed by atoms with Crippen LogP contribution in [0, 0.1) is 0 Å². The Balaban J connectivity index is 2.52. The Bertz CT molecular complexity index is 419. The summed E-state index contributed by atoms with van der Waals surface area (Å²) in [7, 11) is -1.13. The maximum Gasteiger partial charge on any atom is 0.225 e. The van der Waals surface area contributed by atoms with Crippen molar-refractivity contribution in [3.8, 4) is 0 Å². The number of benzene rings is 1. The second-order valence-corrected chi connectivity index (χ2v) is 4.96. The smallest absolute Gasteiger partial charge is 0.225 e. The van der Waals surface area contributed by atoms with E-state index < -0.39 is 10.8 Å². The van der Waals surface area contributed by atoms with Gasteiger partial charge in [-0.3, -0.25) is 9.00 Å². The number of carbonyl (C=O) groups is 1. The third kappa shape index (κ3) is 1.81. The number of rotatable bonds is 0. The third-order valence-corrected chi connectivity index (χ3v) is 3.62. The Morgan fingerprint density at radius 2 is 2.21 bits per heavy atom. The molecule has 0 aromatic heterocycles. The van der Waals surface area contributed by atoms with E-state index in [2.05, 4.69) is 5.32 Å². The van der Waals surface area contributed by atoms with Crippen LogP contribution in [0.15, 0.2) is 23.1 Å². The summed E-state index contributed by atoms with van der Waals surface area (Å²) in [5, 5.41) is 3.22. The lowest BCUT2D eigenvalue weighted by Gasteiger charge is -2.05. The summed E-state index contributed by atoms with van der Waals surface area (Å²) < 4.78 is 11.7. The van der Waals surface area contributed by atoms with Crippen LogP contribution in [0.25, 0.3) is 0 Å². The van der Waals surface area contributed by atoms with Crippen molar-refractivity contribution in [1.29, 1.82) is 0 Å². The highest BCUT2D eigenvalue weighted by molar-refractivity contribution is 7.85. The molecule has 74 valence electrons. The first-order valence-corrected chi connectivity index (χ1v) is 5.84. The molecule has 1 unspecified atom stereocenters. The molecule has 2 rings (SSSR count). The molecule has 0 saturated carbocycles. The zero-order valence-electron chi connectivity index (χ0n) is 7.25. The van der Waals surface area contributed by atoms with Crippen molar-refractivity contribution in [2.75, 3.05) is 11.1 Å². The molecular weight excluding hydrogens is 222 g/mol. The van der Waals surface area contributed by atoms with Crippen molar-refractivity contribution in [3.05, 3.63) is 23.2 Å². The van der Waals surface area contributed by atoms with E-state index in [1.807, 2.05) is 0 Å². The van der Waals surface area contributed by atoms with Crippen molar-refractivity contribution in [1.82, 2.24) is 0 Å². The molecule has 3 nitrogen and oxygen atoms in total. The van der Waals surface area contributed by atoms with Crippen molar-refractivity contribution in [3.63, 3.8) is 0 Å². The molecule has 1 aromatic carbocycles. The van der Waals surface area contributed by atoms with Crippen LogP contribution >= 0.6 is 11.6 Å². The molecule has 1 heterocycles.